The van der Waals surface area contributed by atoms with Gasteiger partial charge in [-0.1, -0.05) is 30.3 Å². The van der Waals surface area contributed by atoms with E-state index >= 15 is 0 Å². The summed E-state index contributed by atoms with van der Waals surface area (Å²) in [6.45, 7) is 0. The number of aromatic nitrogens is 5. The molecule has 0 saturated heterocycles. The maximum absolute atomic E-state index is 13.4. The molecule has 0 aliphatic rings. The van der Waals surface area contributed by atoms with E-state index in [0.717, 1.165) is 17.6 Å². The number of rotatable bonds is 5. The van der Waals surface area contributed by atoms with Gasteiger partial charge >= 0.3 is 6.18 Å². The van der Waals surface area contributed by atoms with Crippen molar-refractivity contribution in [2.75, 3.05) is 0 Å². The van der Waals surface area contributed by atoms with Crippen molar-refractivity contribution in [2.45, 2.75) is 19.0 Å². The van der Waals surface area contributed by atoms with Crippen molar-refractivity contribution in [3.63, 3.8) is 0 Å². The van der Waals surface area contributed by atoms with E-state index < -0.39 is 17.3 Å². The summed E-state index contributed by atoms with van der Waals surface area (Å²) in [5, 5.41) is 3.01. The third kappa shape index (κ3) is 4.18. The molecule has 0 unspecified atom stereocenters. The van der Waals surface area contributed by atoms with Crippen molar-refractivity contribution in [3.05, 3.63) is 104 Å². The number of nitrogens with zero attached hydrogens (tertiary/aromatic N) is 3. The largest absolute Gasteiger partial charge is 0.416 e. The lowest BCUT2D eigenvalue weighted by Crippen LogP contribution is -2.22. The highest BCUT2D eigenvalue weighted by Crippen LogP contribution is 2.31. The number of H-pyrrole nitrogens is 2. The number of hydrogen-bond donors (Lipinski definition) is 2. The fourth-order valence-corrected chi connectivity index (χ4v) is 4.07. The summed E-state index contributed by atoms with van der Waals surface area (Å²) in [6.07, 6.45) is -2.33. The molecule has 5 aromatic rings. The standard InChI is InChI=1S/C25H20F3N5O2/c1-32-14-4-5-16(22(32)34)10-13-18-21(15-8-11-17(12-9-15)25(26,27)28)31-33(23(18)35)24-29-19-6-2-3-7-20(19)30-24/h2-9,11-12,14,31H,10,13H2,1H3,(H,29,30). The van der Waals surface area contributed by atoms with Gasteiger partial charge in [-0.15, -0.1) is 0 Å². The molecule has 3 heterocycles. The molecular formula is C25H20F3N5O2. The SMILES string of the molecule is Cn1cccc(CCc2c(-c3ccc(C(F)(F)F)cc3)[nH]n(-c3nc4ccccc4[nH]3)c2=O)c1=O. The number of para-hydroxylation sites is 2. The maximum atomic E-state index is 13.4. The number of halogens is 3. The van der Waals surface area contributed by atoms with Crippen molar-refractivity contribution < 1.29 is 13.2 Å². The molecule has 0 atom stereocenters. The fraction of sp³-hybridized carbons (Fsp3) is 0.160. The van der Waals surface area contributed by atoms with Crippen LogP contribution in [0.2, 0.25) is 0 Å². The zero-order valence-electron chi connectivity index (χ0n) is 18.6. The van der Waals surface area contributed by atoms with E-state index in [9.17, 15) is 22.8 Å². The summed E-state index contributed by atoms with van der Waals surface area (Å²) in [4.78, 5) is 33.4. The number of pyridine rings is 1. The molecule has 7 nitrogen and oxygen atoms in total. The minimum absolute atomic E-state index is 0.170. The summed E-state index contributed by atoms with van der Waals surface area (Å²) in [6, 6.07) is 15.3. The number of aromatic amines is 2. The molecule has 35 heavy (non-hydrogen) atoms. The first kappa shape index (κ1) is 22.5. The number of benzene rings is 2. The molecule has 0 aliphatic carbocycles. The van der Waals surface area contributed by atoms with Crippen LogP contribution in [-0.4, -0.2) is 24.3 Å². The molecule has 0 bridgehead atoms. The Morgan fingerprint density at radius 2 is 1.66 bits per heavy atom. The Morgan fingerprint density at radius 3 is 2.37 bits per heavy atom. The van der Waals surface area contributed by atoms with Gasteiger partial charge < -0.3 is 9.55 Å². The Morgan fingerprint density at radius 1 is 0.914 bits per heavy atom. The van der Waals surface area contributed by atoms with Crippen LogP contribution in [0.25, 0.3) is 28.2 Å². The second-order valence-corrected chi connectivity index (χ2v) is 8.21. The summed E-state index contributed by atoms with van der Waals surface area (Å²) in [5.41, 5.74) is 1.71. The predicted octanol–water partition coefficient (Wildman–Crippen LogP) is 4.21. The highest BCUT2D eigenvalue weighted by molar-refractivity contribution is 5.76. The van der Waals surface area contributed by atoms with Crippen LogP contribution < -0.4 is 11.1 Å². The van der Waals surface area contributed by atoms with Crippen molar-refractivity contribution in [1.82, 2.24) is 24.3 Å². The highest BCUT2D eigenvalue weighted by Gasteiger charge is 2.30. The maximum Gasteiger partial charge on any atom is 0.416 e. The van der Waals surface area contributed by atoms with Crippen LogP contribution in [0, 0.1) is 0 Å². The average molecular weight is 479 g/mol. The lowest BCUT2D eigenvalue weighted by molar-refractivity contribution is -0.137. The first-order chi connectivity index (χ1) is 16.7. The van der Waals surface area contributed by atoms with Crippen LogP contribution in [-0.2, 0) is 26.1 Å². The number of fused-ring (bicyclic) bond motifs is 1. The lowest BCUT2D eigenvalue weighted by Gasteiger charge is -2.08. The summed E-state index contributed by atoms with van der Waals surface area (Å²) >= 11 is 0. The summed E-state index contributed by atoms with van der Waals surface area (Å²) < 4.78 is 41.9. The van der Waals surface area contributed by atoms with Gasteiger partial charge in [-0.25, -0.2) is 4.98 Å². The van der Waals surface area contributed by atoms with Crippen molar-refractivity contribution >= 4 is 11.0 Å². The minimum atomic E-state index is -4.47. The van der Waals surface area contributed by atoms with E-state index in [1.165, 1.54) is 21.4 Å². The molecule has 10 heteroatoms. The van der Waals surface area contributed by atoms with Crippen molar-refractivity contribution in [3.8, 4) is 17.2 Å². The van der Waals surface area contributed by atoms with Crippen molar-refractivity contribution in [2.24, 2.45) is 7.05 Å². The van der Waals surface area contributed by atoms with Gasteiger partial charge in [0.05, 0.1) is 22.3 Å². The first-order valence-electron chi connectivity index (χ1n) is 10.8. The van der Waals surface area contributed by atoms with Gasteiger partial charge in [0.1, 0.15) is 0 Å². The Bertz CT molecular complexity index is 1610. The Hall–Kier alpha value is -4.34. The van der Waals surface area contributed by atoms with Gasteiger partial charge in [-0.05, 0) is 48.7 Å². The molecule has 0 radical (unpaired) electrons. The Kier molecular flexibility index (Phi) is 5.43. The molecule has 0 spiro atoms. The van der Waals surface area contributed by atoms with E-state index in [1.807, 2.05) is 18.2 Å². The molecule has 0 fully saturated rings. The summed E-state index contributed by atoms with van der Waals surface area (Å²) in [7, 11) is 1.64. The molecule has 5 rings (SSSR count). The third-order valence-corrected chi connectivity index (χ3v) is 5.92. The number of nitrogens with one attached hydrogen (secondary N) is 2. The van der Waals surface area contributed by atoms with Crippen LogP contribution in [0.3, 0.4) is 0 Å². The number of hydrogen-bond acceptors (Lipinski definition) is 3. The van der Waals surface area contributed by atoms with Gasteiger partial charge in [0, 0.05) is 24.4 Å². The van der Waals surface area contributed by atoms with Crippen LogP contribution in [0.5, 0.6) is 0 Å². The van der Waals surface area contributed by atoms with E-state index in [4.69, 9.17) is 0 Å². The number of imidazole rings is 1. The number of aryl methyl sites for hydroxylation is 2. The lowest BCUT2D eigenvalue weighted by atomic mass is 10.0. The third-order valence-electron chi connectivity index (χ3n) is 5.92. The second-order valence-electron chi connectivity index (χ2n) is 8.21. The molecule has 0 aliphatic heterocycles. The molecule has 3 aromatic heterocycles. The van der Waals surface area contributed by atoms with E-state index in [2.05, 4.69) is 15.1 Å². The molecule has 0 amide bonds. The monoisotopic (exact) mass is 479 g/mol. The predicted molar refractivity (Wildman–Crippen MR) is 126 cm³/mol. The zero-order chi connectivity index (χ0) is 24.7. The molecule has 2 N–H and O–H groups in total. The topological polar surface area (TPSA) is 88.5 Å². The van der Waals surface area contributed by atoms with Gasteiger partial charge in [-0.3, -0.25) is 14.7 Å². The average Bonchev–Trinajstić information content (AvgIpc) is 3.40. The first-order valence-corrected chi connectivity index (χ1v) is 10.8. The van der Waals surface area contributed by atoms with Gasteiger partial charge in [-0.2, -0.15) is 17.9 Å². The molecule has 178 valence electrons. The van der Waals surface area contributed by atoms with Gasteiger partial charge in [0.2, 0.25) is 5.95 Å². The van der Waals surface area contributed by atoms with Crippen molar-refractivity contribution in [1.29, 1.82) is 0 Å². The zero-order valence-corrected chi connectivity index (χ0v) is 18.6. The quantitative estimate of drug-likeness (QED) is 0.396. The van der Waals surface area contributed by atoms with Gasteiger partial charge in [0.15, 0.2) is 0 Å². The van der Waals surface area contributed by atoms with Crippen LogP contribution in [0.1, 0.15) is 16.7 Å². The van der Waals surface area contributed by atoms with E-state index in [-0.39, 0.29) is 24.3 Å². The molecule has 0 saturated carbocycles. The highest BCUT2D eigenvalue weighted by atomic mass is 19.4. The van der Waals surface area contributed by atoms with E-state index in [1.54, 1.807) is 31.4 Å². The van der Waals surface area contributed by atoms with E-state index in [0.29, 0.717) is 27.9 Å². The number of alkyl halides is 3. The second kappa shape index (κ2) is 8.46. The van der Waals surface area contributed by atoms with Crippen LogP contribution >= 0.6 is 0 Å². The molecule has 2 aromatic carbocycles. The van der Waals surface area contributed by atoms with Crippen LogP contribution in [0.15, 0.2) is 76.4 Å². The Balaban J connectivity index is 1.61. The Labute approximate surface area is 196 Å². The van der Waals surface area contributed by atoms with Gasteiger partial charge in [0.25, 0.3) is 11.1 Å². The summed E-state index contributed by atoms with van der Waals surface area (Å²) in [5.74, 6) is 0.256. The minimum Gasteiger partial charge on any atom is -0.322 e. The van der Waals surface area contributed by atoms with Crippen LogP contribution in [0.4, 0.5) is 13.2 Å². The molecular weight excluding hydrogens is 459 g/mol. The smallest absolute Gasteiger partial charge is 0.322 e. The fourth-order valence-electron chi connectivity index (χ4n) is 4.07. The normalized spacial score (nSPS) is 11.9.